The Morgan fingerprint density at radius 1 is 1.35 bits per heavy atom. The van der Waals surface area contributed by atoms with Crippen molar-refractivity contribution in [3.05, 3.63) is 29.1 Å². The number of carbonyl (C=O) groups is 1. The molecule has 20 heavy (non-hydrogen) atoms. The highest BCUT2D eigenvalue weighted by Gasteiger charge is 2.29. The van der Waals surface area contributed by atoms with Crippen molar-refractivity contribution >= 4 is 17.0 Å². The maximum atomic E-state index is 11.4. The number of imidazole rings is 1. The fourth-order valence-corrected chi connectivity index (χ4v) is 2.84. The monoisotopic (exact) mass is 272 g/mol. The third-order valence-electron chi connectivity index (χ3n) is 4.55. The summed E-state index contributed by atoms with van der Waals surface area (Å²) in [7, 11) is 0. The number of carboxylic acid groups (broad SMARTS) is 1. The molecule has 1 aliphatic rings. The Morgan fingerprint density at radius 3 is 2.55 bits per heavy atom. The van der Waals surface area contributed by atoms with E-state index >= 15 is 0 Å². The molecule has 2 aromatic rings. The first-order chi connectivity index (χ1) is 9.49. The van der Waals surface area contributed by atoms with Gasteiger partial charge in [0, 0.05) is 5.92 Å². The number of aromatic nitrogens is 2. The zero-order valence-electron chi connectivity index (χ0n) is 12.2. The Hall–Kier alpha value is -1.84. The second-order valence-corrected chi connectivity index (χ2v) is 5.91. The van der Waals surface area contributed by atoms with Gasteiger partial charge in [0.2, 0.25) is 0 Å². The van der Waals surface area contributed by atoms with E-state index in [9.17, 15) is 9.90 Å². The van der Waals surface area contributed by atoms with E-state index in [0.29, 0.717) is 5.92 Å². The van der Waals surface area contributed by atoms with Gasteiger partial charge in [0.15, 0.2) is 0 Å². The maximum absolute atomic E-state index is 11.4. The molecule has 0 amide bonds. The molecule has 3 rings (SSSR count). The minimum Gasteiger partial charge on any atom is -0.480 e. The van der Waals surface area contributed by atoms with Gasteiger partial charge in [-0.15, -0.1) is 0 Å². The number of rotatable bonds is 3. The highest BCUT2D eigenvalue weighted by atomic mass is 16.4. The summed E-state index contributed by atoms with van der Waals surface area (Å²) >= 11 is 0. The first-order valence-corrected chi connectivity index (χ1v) is 7.21. The van der Waals surface area contributed by atoms with Gasteiger partial charge in [0.25, 0.3) is 0 Å². The van der Waals surface area contributed by atoms with E-state index in [1.165, 1.54) is 17.5 Å². The van der Waals surface area contributed by atoms with Gasteiger partial charge >= 0.3 is 5.97 Å². The quantitative estimate of drug-likeness (QED) is 0.929. The molecule has 1 N–H and O–H groups in total. The van der Waals surface area contributed by atoms with E-state index in [-0.39, 0.29) is 0 Å². The van der Waals surface area contributed by atoms with E-state index in [4.69, 9.17) is 4.98 Å². The summed E-state index contributed by atoms with van der Waals surface area (Å²) < 4.78 is 1.92. The van der Waals surface area contributed by atoms with Gasteiger partial charge < -0.3 is 9.67 Å². The summed E-state index contributed by atoms with van der Waals surface area (Å²) in [6.45, 7) is 5.86. The lowest BCUT2D eigenvalue weighted by atomic mass is 9.84. The maximum Gasteiger partial charge on any atom is 0.326 e. The van der Waals surface area contributed by atoms with E-state index in [2.05, 4.69) is 26.0 Å². The molecule has 1 aromatic carbocycles. The van der Waals surface area contributed by atoms with Crippen molar-refractivity contribution in [3.63, 3.8) is 0 Å². The summed E-state index contributed by atoms with van der Waals surface area (Å²) in [5.74, 6) is 0.569. The SMILES string of the molecule is Cc1cc2nc(C3CCC3)n(C(C)C(=O)O)c2cc1C. The van der Waals surface area contributed by atoms with Crippen LogP contribution in [0.4, 0.5) is 0 Å². The molecule has 1 unspecified atom stereocenters. The van der Waals surface area contributed by atoms with Crippen LogP contribution in [0.1, 0.15) is 55.1 Å². The van der Waals surface area contributed by atoms with Crippen LogP contribution in [0.3, 0.4) is 0 Å². The fourth-order valence-electron chi connectivity index (χ4n) is 2.84. The Morgan fingerprint density at radius 2 is 2.00 bits per heavy atom. The van der Waals surface area contributed by atoms with Crippen LogP contribution < -0.4 is 0 Å². The van der Waals surface area contributed by atoms with Gasteiger partial charge in [0.1, 0.15) is 11.9 Å². The van der Waals surface area contributed by atoms with Gasteiger partial charge in [0.05, 0.1) is 11.0 Å². The average Bonchev–Trinajstić information content (AvgIpc) is 2.64. The van der Waals surface area contributed by atoms with Crippen molar-refractivity contribution in [2.24, 2.45) is 0 Å². The Labute approximate surface area is 118 Å². The molecule has 1 heterocycles. The molecule has 4 heteroatoms. The first-order valence-electron chi connectivity index (χ1n) is 7.21. The minimum atomic E-state index is -0.803. The molecule has 1 fully saturated rings. The van der Waals surface area contributed by atoms with E-state index in [1.54, 1.807) is 6.92 Å². The van der Waals surface area contributed by atoms with Crippen LogP contribution in [0, 0.1) is 13.8 Å². The highest BCUT2D eigenvalue weighted by Crippen LogP contribution is 2.39. The normalized spacial score (nSPS) is 17.1. The smallest absolute Gasteiger partial charge is 0.326 e. The second kappa shape index (κ2) is 4.62. The summed E-state index contributed by atoms with van der Waals surface area (Å²) in [6, 6.07) is 3.56. The predicted octanol–water partition coefficient (Wildman–Crippen LogP) is 3.57. The fraction of sp³-hybridized carbons (Fsp3) is 0.500. The minimum absolute atomic E-state index is 0.421. The molecule has 0 aliphatic heterocycles. The number of nitrogens with zero attached hydrogens (tertiary/aromatic N) is 2. The summed E-state index contributed by atoms with van der Waals surface area (Å²) in [5, 5.41) is 9.39. The number of aliphatic carboxylic acids is 1. The van der Waals surface area contributed by atoms with Crippen LogP contribution in [-0.4, -0.2) is 20.6 Å². The standard InChI is InChI=1S/C16H20N2O2/c1-9-7-13-14(8-10(9)2)18(11(3)16(19)20)15(17-13)12-5-4-6-12/h7-8,11-12H,4-6H2,1-3H3,(H,19,20). The summed E-state index contributed by atoms with van der Waals surface area (Å²) in [5.41, 5.74) is 4.25. The van der Waals surface area contributed by atoms with E-state index in [1.807, 2.05) is 4.57 Å². The van der Waals surface area contributed by atoms with Crippen molar-refractivity contribution < 1.29 is 9.90 Å². The molecule has 0 radical (unpaired) electrons. The lowest BCUT2D eigenvalue weighted by Crippen LogP contribution is -2.22. The van der Waals surface area contributed by atoms with Gasteiger partial charge in [-0.25, -0.2) is 9.78 Å². The van der Waals surface area contributed by atoms with Crippen LogP contribution >= 0.6 is 0 Å². The zero-order chi connectivity index (χ0) is 14.4. The summed E-state index contributed by atoms with van der Waals surface area (Å²) in [6.07, 6.45) is 3.45. The number of hydrogen-bond acceptors (Lipinski definition) is 2. The lowest BCUT2D eigenvalue weighted by Gasteiger charge is -2.26. The molecular weight excluding hydrogens is 252 g/mol. The van der Waals surface area contributed by atoms with Crippen LogP contribution in [0.5, 0.6) is 0 Å². The Balaban J connectivity index is 2.25. The number of carboxylic acids is 1. The Kier molecular flexibility index (Phi) is 3.04. The number of aryl methyl sites for hydroxylation is 2. The molecule has 1 aromatic heterocycles. The third kappa shape index (κ3) is 1.90. The number of fused-ring (bicyclic) bond motifs is 1. The van der Waals surface area contributed by atoms with Gasteiger partial charge in [-0.2, -0.15) is 0 Å². The topological polar surface area (TPSA) is 55.1 Å². The number of benzene rings is 1. The van der Waals surface area contributed by atoms with Crippen molar-refractivity contribution in [1.82, 2.24) is 9.55 Å². The zero-order valence-corrected chi connectivity index (χ0v) is 12.2. The largest absolute Gasteiger partial charge is 0.480 e. The lowest BCUT2D eigenvalue weighted by molar-refractivity contribution is -0.140. The van der Waals surface area contributed by atoms with E-state index in [0.717, 1.165) is 29.7 Å². The van der Waals surface area contributed by atoms with Gasteiger partial charge in [-0.1, -0.05) is 6.42 Å². The molecule has 0 spiro atoms. The number of hydrogen-bond donors (Lipinski definition) is 1. The molecule has 1 atom stereocenters. The second-order valence-electron chi connectivity index (χ2n) is 5.91. The highest BCUT2D eigenvalue weighted by molar-refractivity contribution is 5.81. The van der Waals surface area contributed by atoms with Crippen LogP contribution in [0.15, 0.2) is 12.1 Å². The van der Waals surface area contributed by atoms with Crippen molar-refractivity contribution in [3.8, 4) is 0 Å². The first kappa shape index (κ1) is 13.2. The van der Waals surface area contributed by atoms with Crippen LogP contribution in [-0.2, 0) is 4.79 Å². The van der Waals surface area contributed by atoms with Gasteiger partial charge in [-0.05, 0) is 56.9 Å². The molecule has 1 saturated carbocycles. The van der Waals surface area contributed by atoms with Crippen LogP contribution in [0.2, 0.25) is 0 Å². The predicted molar refractivity (Wildman–Crippen MR) is 78.1 cm³/mol. The molecular formula is C16H20N2O2. The van der Waals surface area contributed by atoms with Crippen molar-refractivity contribution in [2.75, 3.05) is 0 Å². The molecule has 1 aliphatic carbocycles. The van der Waals surface area contributed by atoms with Crippen molar-refractivity contribution in [2.45, 2.75) is 52.0 Å². The Bertz CT molecular complexity index is 683. The summed E-state index contributed by atoms with van der Waals surface area (Å²) in [4.78, 5) is 16.2. The van der Waals surface area contributed by atoms with Crippen LogP contribution in [0.25, 0.3) is 11.0 Å². The van der Waals surface area contributed by atoms with Gasteiger partial charge in [-0.3, -0.25) is 0 Å². The average molecular weight is 272 g/mol. The molecule has 106 valence electrons. The molecule has 4 nitrogen and oxygen atoms in total. The van der Waals surface area contributed by atoms with Crippen molar-refractivity contribution in [1.29, 1.82) is 0 Å². The van der Waals surface area contributed by atoms with E-state index < -0.39 is 12.0 Å². The third-order valence-corrected chi connectivity index (χ3v) is 4.55. The molecule has 0 bridgehead atoms. The molecule has 0 saturated heterocycles.